The molecule has 2 aromatic carbocycles. The largest absolute Gasteiger partial charge is 0.483 e. The van der Waals surface area contributed by atoms with Gasteiger partial charge in [0, 0.05) is 10.6 Å². The molecule has 0 saturated carbocycles. The quantitative estimate of drug-likeness (QED) is 0.633. The van der Waals surface area contributed by atoms with Crippen molar-refractivity contribution < 1.29 is 9.53 Å². The van der Waals surface area contributed by atoms with Crippen molar-refractivity contribution in [2.75, 3.05) is 6.61 Å². The summed E-state index contributed by atoms with van der Waals surface area (Å²) in [6.07, 6.45) is 1.51. The van der Waals surface area contributed by atoms with Gasteiger partial charge in [-0.15, -0.1) is 0 Å². The van der Waals surface area contributed by atoms with Gasteiger partial charge in [0.05, 0.1) is 6.21 Å². The SMILES string of the molecule is Cc1ccc(C(C)(C)C)c(OCC(=O)NN=Cc2ccccc2Cl)c1. The minimum atomic E-state index is -0.329. The van der Waals surface area contributed by atoms with Crippen molar-refractivity contribution in [2.45, 2.75) is 33.1 Å². The van der Waals surface area contributed by atoms with E-state index < -0.39 is 0 Å². The van der Waals surface area contributed by atoms with E-state index in [-0.39, 0.29) is 17.9 Å². The number of nitrogens with one attached hydrogen (secondary N) is 1. The average molecular weight is 359 g/mol. The number of benzene rings is 2. The lowest BCUT2D eigenvalue weighted by atomic mass is 9.86. The lowest BCUT2D eigenvalue weighted by Gasteiger charge is -2.23. The Morgan fingerprint density at radius 1 is 1.24 bits per heavy atom. The van der Waals surface area contributed by atoms with E-state index in [1.807, 2.05) is 43.3 Å². The van der Waals surface area contributed by atoms with Gasteiger partial charge in [0.2, 0.25) is 0 Å². The van der Waals surface area contributed by atoms with Gasteiger partial charge in [0.1, 0.15) is 5.75 Å². The Labute approximate surface area is 153 Å². The van der Waals surface area contributed by atoms with Crippen molar-refractivity contribution in [1.82, 2.24) is 5.43 Å². The van der Waals surface area contributed by atoms with Crippen molar-refractivity contribution >= 4 is 23.7 Å². The van der Waals surface area contributed by atoms with E-state index in [0.29, 0.717) is 5.02 Å². The molecule has 4 nitrogen and oxygen atoms in total. The molecule has 0 aliphatic heterocycles. The molecule has 2 aromatic rings. The van der Waals surface area contributed by atoms with Crippen LogP contribution in [0.3, 0.4) is 0 Å². The first-order valence-electron chi connectivity index (χ1n) is 8.08. The Bertz CT molecular complexity index is 780. The monoisotopic (exact) mass is 358 g/mol. The summed E-state index contributed by atoms with van der Waals surface area (Å²) < 4.78 is 5.72. The molecule has 0 unspecified atom stereocenters. The first-order valence-corrected chi connectivity index (χ1v) is 8.45. The van der Waals surface area contributed by atoms with Crippen LogP contribution in [0.1, 0.15) is 37.5 Å². The number of amides is 1. The molecule has 0 fully saturated rings. The third kappa shape index (κ3) is 5.61. The average Bonchev–Trinajstić information content (AvgIpc) is 2.53. The van der Waals surface area contributed by atoms with Gasteiger partial charge in [-0.25, -0.2) is 5.43 Å². The number of nitrogens with zero attached hydrogens (tertiary/aromatic N) is 1. The third-order valence-electron chi connectivity index (χ3n) is 3.60. The molecular weight excluding hydrogens is 336 g/mol. The number of hydrazone groups is 1. The van der Waals surface area contributed by atoms with Crippen molar-refractivity contribution in [1.29, 1.82) is 0 Å². The Balaban J connectivity index is 1.97. The van der Waals surface area contributed by atoms with Crippen molar-refractivity contribution in [2.24, 2.45) is 5.10 Å². The van der Waals surface area contributed by atoms with Crippen LogP contribution in [0.5, 0.6) is 5.75 Å². The molecule has 5 heteroatoms. The maximum atomic E-state index is 12.0. The van der Waals surface area contributed by atoms with E-state index in [0.717, 1.165) is 22.4 Å². The number of carbonyl (C=O) groups is 1. The summed E-state index contributed by atoms with van der Waals surface area (Å²) in [5.41, 5.74) is 5.26. The van der Waals surface area contributed by atoms with E-state index in [2.05, 4.69) is 31.3 Å². The molecule has 2 rings (SSSR count). The van der Waals surface area contributed by atoms with Gasteiger partial charge in [-0.1, -0.05) is 62.7 Å². The Morgan fingerprint density at radius 2 is 1.96 bits per heavy atom. The lowest BCUT2D eigenvalue weighted by Crippen LogP contribution is -2.25. The van der Waals surface area contributed by atoms with Crippen LogP contribution in [0.25, 0.3) is 0 Å². The Hall–Kier alpha value is -2.33. The summed E-state index contributed by atoms with van der Waals surface area (Å²) in [6.45, 7) is 8.22. The predicted octanol–water partition coefficient (Wildman–Crippen LogP) is 4.48. The van der Waals surface area contributed by atoms with E-state index in [9.17, 15) is 4.79 Å². The van der Waals surface area contributed by atoms with Crippen LogP contribution in [0, 0.1) is 6.92 Å². The number of hydrogen-bond donors (Lipinski definition) is 1. The van der Waals surface area contributed by atoms with E-state index in [1.54, 1.807) is 6.07 Å². The third-order valence-corrected chi connectivity index (χ3v) is 3.95. The fourth-order valence-electron chi connectivity index (χ4n) is 2.30. The fourth-order valence-corrected chi connectivity index (χ4v) is 2.48. The number of aryl methyl sites for hydroxylation is 1. The molecule has 0 atom stereocenters. The molecule has 1 amide bonds. The normalized spacial score (nSPS) is 11.6. The maximum absolute atomic E-state index is 12.0. The summed E-state index contributed by atoms with van der Waals surface area (Å²) in [5, 5.41) is 4.49. The molecule has 0 radical (unpaired) electrons. The van der Waals surface area contributed by atoms with Crippen LogP contribution in [-0.4, -0.2) is 18.7 Å². The molecule has 0 aliphatic carbocycles. The van der Waals surface area contributed by atoms with Crippen LogP contribution in [0.15, 0.2) is 47.6 Å². The van der Waals surface area contributed by atoms with Crippen molar-refractivity contribution in [3.05, 3.63) is 64.2 Å². The standard InChI is InChI=1S/C20H23ClN2O2/c1-14-9-10-16(20(2,3)4)18(11-14)25-13-19(24)23-22-12-15-7-5-6-8-17(15)21/h5-12H,13H2,1-4H3,(H,23,24). The van der Waals surface area contributed by atoms with E-state index in [4.69, 9.17) is 16.3 Å². The lowest BCUT2D eigenvalue weighted by molar-refractivity contribution is -0.123. The first-order chi connectivity index (χ1) is 11.8. The number of carbonyl (C=O) groups excluding carboxylic acids is 1. The zero-order valence-corrected chi connectivity index (χ0v) is 15.7. The summed E-state index contributed by atoms with van der Waals surface area (Å²) in [6, 6.07) is 13.3. The zero-order valence-electron chi connectivity index (χ0n) is 15.0. The molecule has 0 aromatic heterocycles. The van der Waals surface area contributed by atoms with Gasteiger partial charge >= 0.3 is 0 Å². The van der Waals surface area contributed by atoms with Gasteiger partial charge in [-0.2, -0.15) is 5.10 Å². The summed E-state index contributed by atoms with van der Waals surface area (Å²) in [5.74, 6) is 0.391. The molecule has 0 bridgehead atoms. The zero-order chi connectivity index (χ0) is 18.4. The van der Waals surface area contributed by atoms with Gasteiger partial charge in [0.25, 0.3) is 5.91 Å². The topological polar surface area (TPSA) is 50.7 Å². The molecule has 132 valence electrons. The highest BCUT2D eigenvalue weighted by atomic mass is 35.5. The van der Waals surface area contributed by atoms with Gasteiger partial charge < -0.3 is 4.74 Å². The van der Waals surface area contributed by atoms with Crippen molar-refractivity contribution in [3.8, 4) is 5.75 Å². The Kier molecular flexibility index (Phi) is 6.21. The molecule has 0 heterocycles. The summed E-state index contributed by atoms with van der Waals surface area (Å²) in [4.78, 5) is 12.0. The second-order valence-electron chi connectivity index (χ2n) is 6.85. The predicted molar refractivity (Wildman–Crippen MR) is 103 cm³/mol. The fraction of sp³-hybridized carbons (Fsp3) is 0.300. The smallest absolute Gasteiger partial charge is 0.277 e. The maximum Gasteiger partial charge on any atom is 0.277 e. The molecule has 0 saturated heterocycles. The van der Waals surface area contributed by atoms with Crippen molar-refractivity contribution in [3.63, 3.8) is 0 Å². The minimum Gasteiger partial charge on any atom is -0.483 e. The highest BCUT2D eigenvalue weighted by Crippen LogP contribution is 2.32. The van der Waals surface area contributed by atoms with E-state index >= 15 is 0 Å². The minimum absolute atomic E-state index is 0.0677. The second kappa shape index (κ2) is 8.17. The highest BCUT2D eigenvalue weighted by molar-refractivity contribution is 6.33. The van der Waals surface area contributed by atoms with Gasteiger partial charge in [-0.3, -0.25) is 4.79 Å². The van der Waals surface area contributed by atoms with Gasteiger partial charge in [0.15, 0.2) is 6.61 Å². The van der Waals surface area contributed by atoms with Crippen LogP contribution in [0.4, 0.5) is 0 Å². The first kappa shape index (κ1) is 19.0. The second-order valence-corrected chi connectivity index (χ2v) is 7.26. The number of ether oxygens (including phenoxy) is 1. The number of hydrogen-bond acceptors (Lipinski definition) is 3. The summed E-state index contributed by atoms with van der Waals surface area (Å²) in [7, 11) is 0. The molecular formula is C20H23ClN2O2. The van der Waals surface area contributed by atoms with E-state index in [1.165, 1.54) is 6.21 Å². The van der Waals surface area contributed by atoms with Crippen LogP contribution in [-0.2, 0) is 10.2 Å². The van der Waals surface area contributed by atoms with Gasteiger partial charge in [-0.05, 0) is 35.6 Å². The summed E-state index contributed by atoms with van der Waals surface area (Å²) >= 11 is 6.03. The molecule has 1 N–H and O–H groups in total. The molecule has 25 heavy (non-hydrogen) atoms. The Morgan fingerprint density at radius 3 is 2.64 bits per heavy atom. The molecule has 0 spiro atoms. The van der Waals surface area contributed by atoms with Crippen LogP contribution < -0.4 is 10.2 Å². The number of halogens is 1. The number of rotatable bonds is 5. The van der Waals surface area contributed by atoms with Crippen LogP contribution >= 0.6 is 11.6 Å². The highest BCUT2D eigenvalue weighted by Gasteiger charge is 2.19. The molecule has 0 aliphatic rings. The van der Waals surface area contributed by atoms with Crippen LogP contribution in [0.2, 0.25) is 5.02 Å².